The van der Waals surface area contributed by atoms with Gasteiger partial charge in [-0.3, -0.25) is 0 Å². The minimum Gasteiger partial charge on any atom is -0.481 e. The number of hydrogen-bond acceptors (Lipinski definition) is 5. The van der Waals surface area contributed by atoms with E-state index in [1.165, 1.54) is 11.3 Å². The van der Waals surface area contributed by atoms with E-state index in [1.54, 1.807) is 20.2 Å². The van der Waals surface area contributed by atoms with Crippen LogP contribution in [0, 0.1) is 0 Å². The predicted octanol–water partition coefficient (Wildman–Crippen LogP) is 2.73. The largest absolute Gasteiger partial charge is 0.481 e. The normalized spacial score (nSPS) is 13.5. The minimum absolute atomic E-state index is 0. The summed E-state index contributed by atoms with van der Waals surface area (Å²) in [7, 11) is 1.59. The molecule has 1 unspecified atom stereocenters. The Bertz CT molecular complexity index is 662. The Kier molecular flexibility index (Phi) is 9.15. The molecule has 25 heavy (non-hydrogen) atoms. The minimum atomic E-state index is -0.940. The highest BCUT2D eigenvalue weighted by Gasteiger charge is 2.24. The van der Waals surface area contributed by atoms with E-state index in [0.717, 1.165) is 17.0 Å². The zero-order chi connectivity index (χ0) is 17.4. The van der Waals surface area contributed by atoms with Gasteiger partial charge in [0, 0.05) is 23.7 Å². The second-order valence-corrected chi connectivity index (χ2v) is 6.45. The third kappa shape index (κ3) is 6.79. The highest BCUT2D eigenvalue weighted by Crippen LogP contribution is 2.24. The van der Waals surface area contributed by atoms with Gasteiger partial charge in [-0.2, -0.15) is 0 Å². The second kappa shape index (κ2) is 10.6. The van der Waals surface area contributed by atoms with Crippen LogP contribution in [0.1, 0.15) is 24.3 Å². The number of ether oxygens (including phenoxy) is 1. The highest BCUT2D eigenvalue weighted by molar-refractivity contribution is 14.0. The molecule has 0 bridgehead atoms. The van der Waals surface area contributed by atoms with Crippen molar-refractivity contribution in [2.75, 3.05) is 20.2 Å². The number of guanidine groups is 1. The summed E-state index contributed by atoms with van der Waals surface area (Å²) in [6.07, 6.45) is 1.70. The highest BCUT2D eigenvalue weighted by atomic mass is 127. The third-order valence-electron chi connectivity index (χ3n) is 3.42. The molecule has 6 nitrogen and oxygen atoms in total. The molecule has 0 saturated carbocycles. The van der Waals surface area contributed by atoms with E-state index in [4.69, 9.17) is 4.74 Å². The van der Waals surface area contributed by atoms with Gasteiger partial charge < -0.3 is 20.5 Å². The van der Waals surface area contributed by atoms with Gasteiger partial charge in [0.15, 0.2) is 5.96 Å². The molecular formula is C17H25IN4O2S. The van der Waals surface area contributed by atoms with E-state index in [2.05, 4.69) is 20.6 Å². The van der Waals surface area contributed by atoms with Crippen LogP contribution in [0.15, 0.2) is 40.8 Å². The van der Waals surface area contributed by atoms with E-state index in [1.807, 2.05) is 36.6 Å². The Morgan fingerprint density at radius 3 is 2.84 bits per heavy atom. The van der Waals surface area contributed by atoms with Crippen LogP contribution in [0.4, 0.5) is 0 Å². The number of methoxy groups -OCH3 is 1. The lowest BCUT2D eigenvalue weighted by Gasteiger charge is -2.23. The van der Waals surface area contributed by atoms with Crippen molar-refractivity contribution >= 4 is 41.3 Å². The summed E-state index contributed by atoms with van der Waals surface area (Å²) in [6.45, 7) is 5.41. The first-order chi connectivity index (χ1) is 11.5. The molecule has 2 aromatic heterocycles. The molecule has 1 atom stereocenters. The molecule has 2 heterocycles. The average Bonchev–Trinajstić information content (AvgIpc) is 3.13. The standard InChI is InChI=1S/C17H24N4O2S.HI/c1-4-18-16(20-11-13-7-8-19-15(10-13)23-3)21-12-17(2,22)14-6-5-9-24-14;/h5-10,22H,4,11-12H2,1-3H3,(H2,18,20,21);1H. The molecule has 8 heteroatoms. The number of thiophene rings is 1. The monoisotopic (exact) mass is 476 g/mol. The summed E-state index contributed by atoms with van der Waals surface area (Å²) < 4.78 is 5.12. The van der Waals surface area contributed by atoms with Crippen molar-refractivity contribution in [2.24, 2.45) is 4.99 Å². The Balaban J connectivity index is 0.00000312. The Morgan fingerprint density at radius 2 is 2.20 bits per heavy atom. The molecule has 0 spiro atoms. The molecule has 0 saturated heterocycles. The van der Waals surface area contributed by atoms with E-state index in [9.17, 15) is 5.11 Å². The summed E-state index contributed by atoms with van der Waals surface area (Å²) in [5.41, 5.74) is 0.0635. The molecule has 0 fully saturated rings. The lowest BCUT2D eigenvalue weighted by molar-refractivity contribution is 0.0655. The van der Waals surface area contributed by atoms with Crippen LogP contribution in [0.2, 0.25) is 0 Å². The lowest BCUT2D eigenvalue weighted by Crippen LogP contribution is -2.44. The number of aliphatic imine (C=N–C) groups is 1. The van der Waals surface area contributed by atoms with Gasteiger partial charge in [0.25, 0.3) is 0 Å². The molecule has 3 N–H and O–H groups in total. The fourth-order valence-electron chi connectivity index (χ4n) is 2.10. The van der Waals surface area contributed by atoms with E-state index >= 15 is 0 Å². The summed E-state index contributed by atoms with van der Waals surface area (Å²) >= 11 is 1.54. The zero-order valence-electron chi connectivity index (χ0n) is 14.7. The number of pyridine rings is 1. The number of nitrogens with one attached hydrogen (secondary N) is 2. The fraction of sp³-hybridized carbons (Fsp3) is 0.412. The van der Waals surface area contributed by atoms with Crippen LogP contribution in [0.5, 0.6) is 5.88 Å². The van der Waals surface area contributed by atoms with Gasteiger partial charge in [-0.1, -0.05) is 6.07 Å². The van der Waals surface area contributed by atoms with Crippen LogP contribution in [0.3, 0.4) is 0 Å². The first kappa shape index (κ1) is 21.7. The molecular weight excluding hydrogens is 451 g/mol. The Morgan fingerprint density at radius 1 is 1.40 bits per heavy atom. The molecule has 138 valence electrons. The molecule has 2 rings (SSSR count). The number of nitrogens with zero attached hydrogens (tertiary/aromatic N) is 2. The summed E-state index contributed by atoms with van der Waals surface area (Å²) in [5.74, 6) is 1.23. The van der Waals surface area contributed by atoms with Crippen LogP contribution in [-0.4, -0.2) is 36.2 Å². The summed E-state index contributed by atoms with van der Waals surface area (Å²) in [4.78, 5) is 9.55. The van der Waals surface area contributed by atoms with Crippen LogP contribution < -0.4 is 15.4 Å². The third-order valence-corrected chi connectivity index (χ3v) is 4.55. The molecule has 0 amide bonds. The van der Waals surface area contributed by atoms with Crippen LogP contribution in [0.25, 0.3) is 0 Å². The molecule has 0 aliphatic carbocycles. The van der Waals surface area contributed by atoms with Crippen molar-refractivity contribution in [3.05, 3.63) is 46.3 Å². The summed E-state index contributed by atoms with van der Waals surface area (Å²) in [5, 5.41) is 18.9. The number of aliphatic hydroxyl groups is 1. The second-order valence-electron chi connectivity index (χ2n) is 5.51. The van der Waals surface area contributed by atoms with E-state index < -0.39 is 5.60 Å². The predicted molar refractivity (Wildman–Crippen MR) is 113 cm³/mol. The van der Waals surface area contributed by atoms with Crippen molar-refractivity contribution in [3.8, 4) is 5.88 Å². The maximum absolute atomic E-state index is 10.6. The van der Waals surface area contributed by atoms with Gasteiger partial charge in [0.1, 0.15) is 5.60 Å². The fourth-order valence-corrected chi connectivity index (χ4v) is 2.89. The quantitative estimate of drug-likeness (QED) is 0.326. The van der Waals surface area contributed by atoms with Gasteiger partial charge in [-0.25, -0.2) is 9.98 Å². The summed E-state index contributed by atoms with van der Waals surface area (Å²) in [6, 6.07) is 7.62. The SMILES string of the molecule is CCNC(=NCc1ccnc(OC)c1)NCC(C)(O)c1cccs1.I. The topological polar surface area (TPSA) is 78.8 Å². The molecule has 2 aromatic rings. The van der Waals surface area contributed by atoms with Crippen molar-refractivity contribution < 1.29 is 9.84 Å². The molecule has 0 aliphatic heterocycles. The van der Waals surface area contributed by atoms with E-state index in [-0.39, 0.29) is 24.0 Å². The van der Waals surface area contributed by atoms with Crippen molar-refractivity contribution in [3.63, 3.8) is 0 Å². The molecule has 0 aliphatic rings. The Hall–Kier alpha value is -1.39. The lowest BCUT2D eigenvalue weighted by atomic mass is 10.1. The van der Waals surface area contributed by atoms with Gasteiger partial charge >= 0.3 is 0 Å². The maximum atomic E-state index is 10.6. The number of aromatic nitrogens is 1. The van der Waals surface area contributed by atoms with Crippen molar-refractivity contribution in [1.82, 2.24) is 15.6 Å². The number of rotatable bonds is 7. The molecule has 0 radical (unpaired) electrons. The maximum Gasteiger partial charge on any atom is 0.213 e. The number of halogens is 1. The molecule has 0 aromatic carbocycles. The first-order valence-electron chi connectivity index (χ1n) is 7.82. The van der Waals surface area contributed by atoms with Gasteiger partial charge in [-0.05, 0) is 36.9 Å². The number of hydrogen-bond donors (Lipinski definition) is 3. The average molecular weight is 476 g/mol. The van der Waals surface area contributed by atoms with E-state index in [0.29, 0.717) is 24.9 Å². The zero-order valence-corrected chi connectivity index (χ0v) is 17.8. The van der Waals surface area contributed by atoms with Crippen molar-refractivity contribution in [1.29, 1.82) is 0 Å². The Labute approximate surface area is 169 Å². The van der Waals surface area contributed by atoms with Crippen LogP contribution in [-0.2, 0) is 12.1 Å². The van der Waals surface area contributed by atoms with Gasteiger partial charge in [0.2, 0.25) is 5.88 Å². The smallest absolute Gasteiger partial charge is 0.213 e. The van der Waals surface area contributed by atoms with Gasteiger partial charge in [-0.15, -0.1) is 35.3 Å². The van der Waals surface area contributed by atoms with Crippen molar-refractivity contribution in [2.45, 2.75) is 26.0 Å². The van der Waals surface area contributed by atoms with Crippen LogP contribution >= 0.6 is 35.3 Å². The first-order valence-corrected chi connectivity index (χ1v) is 8.70. The van der Waals surface area contributed by atoms with Gasteiger partial charge in [0.05, 0.1) is 20.2 Å².